The molecule has 108 valence electrons. The van der Waals surface area contributed by atoms with Gasteiger partial charge in [-0.1, -0.05) is 26.0 Å². The largest absolute Gasteiger partial charge is 0.491 e. The van der Waals surface area contributed by atoms with Crippen molar-refractivity contribution in [2.75, 3.05) is 11.9 Å². The molecule has 0 saturated heterocycles. The molecular formula is C17H23NOS. The zero-order chi connectivity index (χ0) is 14.4. The number of ether oxygens (including phenoxy) is 1. The van der Waals surface area contributed by atoms with E-state index in [9.17, 15) is 0 Å². The van der Waals surface area contributed by atoms with Crippen molar-refractivity contribution in [2.45, 2.75) is 39.7 Å². The Morgan fingerprint density at radius 1 is 1.25 bits per heavy atom. The molecule has 1 unspecified atom stereocenters. The van der Waals surface area contributed by atoms with E-state index >= 15 is 0 Å². The lowest BCUT2D eigenvalue weighted by molar-refractivity contribution is 0.318. The molecular weight excluding hydrogens is 266 g/mol. The maximum Gasteiger partial charge on any atom is 0.142 e. The van der Waals surface area contributed by atoms with Crippen LogP contribution >= 0.6 is 11.3 Å². The van der Waals surface area contributed by atoms with Gasteiger partial charge in [0.25, 0.3) is 0 Å². The molecule has 0 aliphatic heterocycles. The Balaban J connectivity index is 2.18. The fraction of sp³-hybridized carbons (Fsp3) is 0.412. The van der Waals surface area contributed by atoms with Crippen LogP contribution < -0.4 is 10.1 Å². The predicted molar refractivity (Wildman–Crippen MR) is 87.9 cm³/mol. The maximum absolute atomic E-state index is 5.87. The lowest BCUT2D eigenvalue weighted by atomic mass is 10.1. The Kier molecular flexibility index (Phi) is 5.48. The minimum absolute atomic E-state index is 0.349. The molecule has 2 nitrogen and oxygen atoms in total. The normalized spacial score (nSPS) is 12.2. The van der Waals surface area contributed by atoms with Gasteiger partial charge in [-0.05, 0) is 48.9 Å². The van der Waals surface area contributed by atoms with E-state index in [0.29, 0.717) is 6.04 Å². The van der Waals surface area contributed by atoms with Crippen molar-refractivity contribution >= 4 is 17.0 Å². The third kappa shape index (κ3) is 3.76. The molecule has 0 spiro atoms. The molecule has 20 heavy (non-hydrogen) atoms. The van der Waals surface area contributed by atoms with Crippen LogP contribution in [0.2, 0.25) is 0 Å². The number of thiophene rings is 1. The molecule has 0 radical (unpaired) electrons. The summed E-state index contributed by atoms with van der Waals surface area (Å²) in [5.74, 6) is 0.960. The van der Waals surface area contributed by atoms with Crippen molar-refractivity contribution in [3.63, 3.8) is 0 Å². The highest BCUT2D eigenvalue weighted by Gasteiger charge is 2.13. The number of hydrogen-bond acceptors (Lipinski definition) is 3. The highest BCUT2D eigenvalue weighted by Crippen LogP contribution is 2.32. The zero-order valence-corrected chi connectivity index (χ0v) is 13.3. The van der Waals surface area contributed by atoms with E-state index in [2.05, 4.69) is 61.8 Å². The number of nitrogens with one attached hydrogen (secondary N) is 1. The first-order chi connectivity index (χ1) is 9.74. The molecule has 1 aromatic heterocycles. The third-order valence-corrected chi connectivity index (χ3v) is 4.21. The molecule has 0 fully saturated rings. The van der Waals surface area contributed by atoms with Crippen molar-refractivity contribution in [2.24, 2.45) is 0 Å². The van der Waals surface area contributed by atoms with Gasteiger partial charge in [-0.25, -0.2) is 0 Å². The molecule has 0 amide bonds. The second-order valence-electron chi connectivity index (χ2n) is 4.97. The minimum atomic E-state index is 0.349. The van der Waals surface area contributed by atoms with Gasteiger partial charge in [0.15, 0.2) is 0 Å². The second kappa shape index (κ2) is 7.34. The smallest absolute Gasteiger partial charge is 0.142 e. The SMILES string of the molecule is CCCOc1cc(C)ccc1NC(CC)c1cccs1. The molecule has 1 aromatic carbocycles. The topological polar surface area (TPSA) is 21.3 Å². The average Bonchev–Trinajstić information content (AvgIpc) is 2.98. The molecule has 1 N–H and O–H groups in total. The van der Waals surface area contributed by atoms with Crippen LogP contribution in [0.4, 0.5) is 5.69 Å². The van der Waals surface area contributed by atoms with Gasteiger partial charge in [-0.3, -0.25) is 0 Å². The van der Waals surface area contributed by atoms with Crippen LogP contribution in [0.15, 0.2) is 35.7 Å². The van der Waals surface area contributed by atoms with E-state index in [-0.39, 0.29) is 0 Å². The van der Waals surface area contributed by atoms with E-state index in [0.717, 1.165) is 30.9 Å². The molecule has 0 bridgehead atoms. The van der Waals surface area contributed by atoms with Crippen LogP contribution in [-0.4, -0.2) is 6.61 Å². The highest BCUT2D eigenvalue weighted by atomic mass is 32.1. The number of hydrogen-bond donors (Lipinski definition) is 1. The van der Waals surface area contributed by atoms with Gasteiger partial charge in [0.2, 0.25) is 0 Å². The van der Waals surface area contributed by atoms with Gasteiger partial charge < -0.3 is 10.1 Å². The monoisotopic (exact) mass is 289 g/mol. The molecule has 1 atom stereocenters. The first kappa shape index (κ1) is 14.9. The molecule has 3 heteroatoms. The van der Waals surface area contributed by atoms with Gasteiger partial charge in [0, 0.05) is 4.88 Å². The zero-order valence-electron chi connectivity index (χ0n) is 12.5. The van der Waals surface area contributed by atoms with Gasteiger partial charge in [0.1, 0.15) is 5.75 Å². The fourth-order valence-corrected chi connectivity index (χ4v) is 2.99. The maximum atomic E-state index is 5.87. The van der Waals surface area contributed by atoms with Crippen LogP contribution in [0, 0.1) is 6.92 Å². The first-order valence-corrected chi connectivity index (χ1v) is 8.16. The second-order valence-corrected chi connectivity index (χ2v) is 5.95. The lowest BCUT2D eigenvalue weighted by Gasteiger charge is -2.20. The summed E-state index contributed by atoms with van der Waals surface area (Å²) in [6, 6.07) is 11.0. The predicted octanol–water partition coefficient (Wildman–Crippen LogP) is 5.41. The van der Waals surface area contributed by atoms with Crippen molar-refractivity contribution in [3.05, 3.63) is 46.2 Å². The molecule has 0 aliphatic carbocycles. The Labute approximate surface area is 125 Å². The minimum Gasteiger partial charge on any atom is -0.491 e. The summed E-state index contributed by atoms with van der Waals surface area (Å²) >= 11 is 1.80. The van der Waals surface area contributed by atoms with Gasteiger partial charge in [0.05, 0.1) is 18.3 Å². The van der Waals surface area contributed by atoms with Crippen LogP contribution in [0.5, 0.6) is 5.75 Å². The summed E-state index contributed by atoms with van der Waals surface area (Å²) in [6.45, 7) is 7.19. The van der Waals surface area contributed by atoms with E-state index in [4.69, 9.17) is 4.74 Å². The number of rotatable bonds is 7. The highest BCUT2D eigenvalue weighted by molar-refractivity contribution is 7.10. The Hall–Kier alpha value is -1.48. The van der Waals surface area contributed by atoms with Crippen LogP contribution in [0.3, 0.4) is 0 Å². The summed E-state index contributed by atoms with van der Waals surface area (Å²) < 4.78 is 5.87. The van der Waals surface area contributed by atoms with Gasteiger partial charge in [-0.15, -0.1) is 11.3 Å². The van der Waals surface area contributed by atoms with Crippen molar-refractivity contribution < 1.29 is 4.74 Å². The summed E-state index contributed by atoms with van der Waals surface area (Å²) in [4.78, 5) is 1.37. The Morgan fingerprint density at radius 2 is 2.10 bits per heavy atom. The molecule has 2 rings (SSSR count). The first-order valence-electron chi connectivity index (χ1n) is 7.28. The molecule has 2 aromatic rings. The number of benzene rings is 1. The van der Waals surface area contributed by atoms with E-state index in [1.54, 1.807) is 11.3 Å². The van der Waals surface area contributed by atoms with Gasteiger partial charge in [-0.2, -0.15) is 0 Å². The van der Waals surface area contributed by atoms with Crippen molar-refractivity contribution in [3.8, 4) is 5.75 Å². The quantitative estimate of drug-likeness (QED) is 0.736. The summed E-state index contributed by atoms with van der Waals surface area (Å²) in [7, 11) is 0. The molecule has 0 aliphatic rings. The van der Waals surface area contributed by atoms with E-state index in [1.807, 2.05) is 0 Å². The summed E-state index contributed by atoms with van der Waals surface area (Å²) in [5, 5.41) is 5.75. The standard InChI is InChI=1S/C17H23NOS/c1-4-10-19-16-12-13(3)8-9-15(16)18-14(5-2)17-7-6-11-20-17/h6-9,11-12,14,18H,4-5,10H2,1-3H3. The third-order valence-electron chi connectivity index (χ3n) is 3.22. The Bertz CT molecular complexity index is 522. The van der Waals surface area contributed by atoms with E-state index in [1.165, 1.54) is 10.4 Å². The number of anilines is 1. The van der Waals surface area contributed by atoms with Crippen LogP contribution in [0.1, 0.15) is 43.2 Å². The molecule has 1 heterocycles. The lowest BCUT2D eigenvalue weighted by Crippen LogP contribution is -2.10. The van der Waals surface area contributed by atoms with Crippen LogP contribution in [0.25, 0.3) is 0 Å². The Morgan fingerprint density at radius 3 is 2.75 bits per heavy atom. The van der Waals surface area contributed by atoms with Gasteiger partial charge >= 0.3 is 0 Å². The summed E-state index contributed by atoms with van der Waals surface area (Å²) in [5.41, 5.74) is 2.31. The van der Waals surface area contributed by atoms with Crippen molar-refractivity contribution in [1.82, 2.24) is 0 Å². The van der Waals surface area contributed by atoms with E-state index < -0.39 is 0 Å². The average molecular weight is 289 g/mol. The molecule has 0 saturated carbocycles. The number of aryl methyl sites for hydroxylation is 1. The fourth-order valence-electron chi connectivity index (χ4n) is 2.13. The van der Waals surface area contributed by atoms with Crippen molar-refractivity contribution in [1.29, 1.82) is 0 Å². The summed E-state index contributed by atoms with van der Waals surface area (Å²) in [6.07, 6.45) is 2.08. The van der Waals surface area contributed by atoms with Crippen LogP contribution in [-0.2, 0) is 0 Å².